The monoisotopic (exact) mass is 334 g/mol. The first-order valence-corrected chi connectivity index (χ1v) is 8.09. The molecule has 1 aromatic heterocycles. The number of hydrogen-bond donors (Lipinski definition) is 3. The summed E-state index contributed by atoms with van der Waals surface area (Å²) >= 11 is 0.0918. The van der Waals surface area contributed by atoms with Crippen LogP contribution in [0.1, 0.15) is 11.8 Å². The minimum absolute atomic E-state index is 0.0918. The van der Waals surface area contributed by atoms with Gasteiger partial charge in [0.1, 0.15) is 0 Å². The summed E-state index contributed by atoms with van der Waals surface area (Å²) in [6.07, 6.45) is 0.0704. The third-order valence-electron chi connectivity index (χ3n) is 3.69. The zero-order valence-electron chi connectivity index (χ0n) is 10.2. The molecule has 3 rings (SSSR count). The van der Waals surface area contributed by atoms with Crippen molar-refractivity contribution < 1.29 is 14.9 Å². The molecule has 0 amide bonds. The van der Waals surface area contributed by atoms with Gasteiger partial charge in [-0.25, -0.2) is 0 Å². The number of nitrogens with one attached hydrogen (secondary N) is 1. The Hall–Kier alpha value is -0.921. The molecule has 2 aliphatic heterocycles. The second-order valence-corrected chi connectivity index (χ2v) is 7.38. The molecule has 2 unspecified atom stereocenters. The third kappa shape index (κ3) is 1.75. The van der Waals surface area contributed by atoms with Gasteiger partial charge in [-0.05, 0) is 0 Å². The molecule has 4 atom stereocenters. The van der Waals surface area contributed by atoms with Crippen molar-refractivity contribution in [2.24, 2.45) is 0 Å². The van der Waals surface area contributed by atoms with Crippen molar-refractivity contribution in [3.8, 4) is 0 Å². The molecule has 0 saturated carbocycles. The van der Waals surface area contributed by atoms with Gasteiger partial charge in [-0.2, -0.15) is 0 Å². The van der Waals surface area contributed by atoms with Crippen molar-refractivity contribution in [3.05, 3.63) is 32.6 Å². The van der Waals surface area contributed by atoms with Crippen LogP contribution in [0.4, 0.5) is 0 Å². The Bertz CT molecular complexity index is 626. The molecule has 1 aromatic rings. The van der Waals surface area contributed by atoms with Crippen LogP contribution in [0.2, 0.25) is 10.1 Å². The van der Waals surface area contributed by atoms with Gasteiger partial charge in [0.15, 0.2) is 0 Å². The van der Waals surface area contributed by atoms with Gasteiger partial charge in [0.25, 0.3) is 0 Å². The van der Waals surface area contributed by atoms with Crippen LogP contribution in [-0.4, -0.2) is 53.0 Å². The summed E-state index contributed by atoms with van der Waals surface area (Å²) in [7, 11) is 0. The number of hydrogen-bond acceptors (Lipinski definition) is 5. The molecule has 3 N–H and O–H groups in total. The maximum absolute atomic E-state index is 11.8. The molecular weight excluding hydrogens is 319 g/mol. The van der Waals surface area contributed by atoms with E-state index in [9.17, 15) is 19.8 Å². The van der Waals surface area contributed by atoms with E-state index < -0.39 is 29.2 Å². The number of aromatic nitrogens is 2. The number of fused-ring (bicyclic) bond motifs is 2. The molecule has 2 fully saturated rings. The number of aliphatic hydroxyl groups is 2. The van der Waals surface area contributed by atoms with E-state index in [1.807, 2.05) is 0 Å². The van der Waals surface area contributed by atoms with Gasteiger partial charge in [0.05, 0.1) is 0 Å². The van der Waals surface area contributed by atoms with Gasteiger partial charge in [-0.1, -0.05) is 0 Å². The summed E-state index contributed by atoms with van der Waals surface area (Å²) in [5.41, 5.74) is -1.51. The van der Waals surface area contributed by atoms with Crippen LogP contribution >= 0.6 is 0 Å². The van der Waals surface area contributed by atoms with Crippen LogP contribution in [0.5, 0.6) is 0 Å². The predicted molar refractivity (Wildman–Crippen MR) is 66.3 cm³/mol. The molecule has 0 radical (unpaired) electrons. The molecule has 2 saturated heterocycles. The van der Waals surface area contributed by atoms with Gasteiger partial charge >= 0.3 is 114 Å². The Kier molecular flexibility index (Phi) is 2.95. The number of aromatic amines is 1. The van der Waals surface area contributed by atoms with Crippen molar-refractivity contribution in [1.82, 2.24) is 9.55 Å². The number of ether oxygens (including phenoxy) is 1. The maximum atomic E-state index is 11.8. The molecule has 19 heavy (non-hydrogen) atoms. The van der Waals surface area contributed by atoms with Crippen molar-refractivity contribution in [2.75, 3.05) is 6.61 Å². The summed E-state index contributed by atoms with van der Waals surface area (Å²) < 4.78 is 7.04. The van der Waals surface area contributed by atoms with E-state index >= 15 is 0 Å². The molecule has 0 spiro atoms. The third-order valence-corrected chi connectivity index (χ3v) is 6.91. The molecule has 3 heterocycles. The average Bonchev–Trinajstić information content (AvgIpc) is 2.85. The Morgan fingerprint density at radius 2 is 2.37 bits per heavy atom. The molecule has 7 nitrogen and oxygen atoms in total. The first-order valence-electron chi connectivity index (χ1n) is 5.89. The Morgan fingerprint density at radius 3 is 3.00 bits per heavy atom. The van der Waals surface area contributed by atoms with Crippen LogP contribution in [0, 0.1) is 6.92 Å². The van der Waals surface area contributed by atoms with Gasteiger partial charge in [-0.3, -0.25) is 0 Å². The second kappa shape index (κ2) is 4.29. The normalized spacial score (nSPS) is 36.9. The molecular formula is C11H14N2O5Se. The summed E-state index contributed by atoms with van der Waals surface area (Å²) in [6.45, 7) is 1.34. The quantitative estimate of drug-likeness (QED) is 0.565. The summed E-state index contributed by atoms with van der Waals surface area (Å²) in [4.78, 5) is 25.2. The van der Waals surface area contributed by atoms with Crippen molar-refractivity contribution in [2.45, 2.75) is 35.0 Å². The molecule has 0 aromatic carbocycles. The zero-order valence-corrected chi connectivity index (χ0v) is 11.9. The number of nitrogens with zero attached hydrogens (tertiary/aromatic N) is 1. The van der Waals surface area contributed by atoms with E-state index in [1.54, 1.807) is 6.92 Å². The number of aryl methyl sites for hydroxylation is 1. The minimum atomic E-state index is -0.946. The van der Waals surface area contributed by atoms with Crippen LogP contribution in [-0.2, 0) is 4.74 Å². The zero-order chi connectivity index (χ0) is 13.8. The Balaban J connectivity index is 2.04. The van der Waals surface area contributed by atoms with Gasteiger partial charge in [-0.15, -0.1) is 0 Å². The van der Waals surface area contributed by atoms with E-state index in [4.69, 9.17) is 4.74 Å². The van der Waals surface area contributed by atoms with E-state index in [0.29, 0.717) is 10.9 Å². The number of aliphatic hydroxyl groups excluding tert-OH is 2. The topological polar surface area (TPSA) is 105 Å². The fourth-order valence-electron chi connectivity index (χ4n) is 2.53. The number of H-pyrrole nitrogens is 1. The SMILES string of the molecule is Cc1cn([C@@H]2O[C@@]3(CO)C[Se]C2C3O)c(=O)[nH]c1=O. The van der Waals surface area contributed by atoms with Crippen LogP contribution < -0.4 is 11.2 Å². The van der Waals surface area contributed by atoms with Gasteiger partial charge in [0.2, 0.25) is 0 Å². The van der Waals surface area contributed by atoms with Gasteiger partial charge in [0, 0.05) is 0 Å². The summed E-state index contributed by atoms with van der Waals surface area (Å²) in [6, 6.07) is 0. The molecule has 104 valence electrons. The van der Waals surface area contributed by atoms with E-state index in [1.165, 1.54) is 10.8 Å². The van der Waals surface area contributed by atoms with Crippen molar-refractivity contribution >= 4 is 15.0 Å². The Morgan fingerprint density at radius 1 is 1.63 bits per heavy atom. The standard InChI is InChI=1S/C11H14N2O5Se/c1-5-2-13(10(17)12-8(5)16)9-6-7(15)11(3-14,18-9)4-19-6/h2,6-7,9,14-15H,3-4H2,1H3,(H,12,16,17)/t6?,7?,9-,11+/m1/s1. The molecule has 8 heteroatoms. The fourth-order valence-corrected chi connectivity index (χ4v) is 5.86. The van der Waals surface area contributed by atoms with E-state index in [2.05, 4.69) is 4.98 Å². The molecule has 2 bridgehead atoms. The Labute approximate surface area is 114 Å². The summed E-state index contributed by atoms with van der Waals surface area (Å²) in [5.74, 6) is 0. The van der Waals surface area contributed by atoms with Gasteiger partial charge < -0.3 is 0 Å². The average molecular weight is 333 g/mol. The van der Waals surface area contributed by atoms with Crippen LogP contribution in [0.25, 0.3) is 0 Å². The summed E-state index contributed by atoms with van der Waals surface area (Å²) in [5, 5.41) is 20.2. The predicted octanol–water partition coefficient (Wildman–Crippen LogP) is -1.61. The first kappa shape index (κ1) is 13.1. The number of rotatable bonds is 2. The van der Waals surface area contributed by atoms with E-state index in [-0.39, 0.29) is 26.4 Å². The fraction of sp³-hybridized carbons (Fsp3) is 0.636. The first-order chi connectivity index (χ1) is 8.98. The van der Waals surface area contributed by atoms with Crippen molar-refractivity contribution in [3.63, 3.8) is 0 Å². The molecule has 2 aliphatic rings. The van der Waals surface area contributed by atoms with Crippen molar-refractivity contribution in [1.29, 1.82) is 0 Å². The second-order valence-electron chi connectivity index (χ2n) is 4.93. The molecule has 0 aliphatic carbocycles. The van der Waals surface area contributed by atoms with Crippen LogP contribution in [0.3, 0.4) is 0 Å². The van der Waals surface area contributed by atoms with E-state index in [0.717, 1.165) is 0 Å². The van der Waals surface area contributed by atoms with Crippen LogP contribution in [0.15, 0.2) is 15.8 Å².